The highest BCUT2D eigenvalue weighted by Crippen LogP contribution is 2.21. The highest BCUT2D eigenvalue weighted by Gasteiger charge is 2.07. The third-order valence-electron chi connectivity index (χ3n) is 4.84. The maximum Gasteiger partial charge on any atom is 0.190 e. The van der Waals surface area contributed by atoms with Crippen LogP contribution in [0.5, 0.6) is 5.75 Å². The van der Waals surface area contributed by atoms with Crippen LogP contribution in [0.1, 0.15) is 30.4 Å². The highest BCUT2D eigenvalue weighted by molar-refractivity contribution is 7.90. The van der Waals surface area contributed by atoms with Gasteiger partial charge in [0, 0.05) is 26.4 Å². The second kappa shape index (κ2) is 10.9. The van der Waals surface area contributed by atoms with E-state index in [1.807, 2.05) is 24.3 Å². The third kappa shape index (κ3) is 7.42. The largest absolute Gasteiger partial charge is 0.497 e. The zero-order chi connectivity index (χ0) is 21.3. The van der Waals surface area contributed by atoms with Crippen molar-refractivity contribution in [3.63, 3.8) is 0 Å². The molecule has 0 amide bonds. The lowest BCUT2D eigenvalue weighted by molar-refractivity contribution is 0.414. The second-order valence-corrected chi connectivity index (χ2v) is 9.07. The topological polar surface area (TPSA) is 79.8 Å². The zero-order valence-electron chi connectivity index (χ0n) is 17.6. The molecule has 0 fully saturated rings. The van der Waals surface area contributed by atoms with Crippen LogP contribution in [0.25, 0.3) is 0 Å². The summed E-state index contributed by atoms with van der Waals surface area (Å²) in [5.41, 5.74) is 2.36. The number of sulfone groups is 1. The maximum atomic E-state index is 11.5. The lowest BCUT2D eigenvalue weighted by Gasteiger charge is -2.15. The molecule has 158 valence electrons. The lowest BCUT2D eigenvalue weighted by atomic mass is 9.98. The fraction of sp³-hybridized carbons (Fsp3) is 0.409. The first-order valence-corrected chi connectivity index (χ1v) is 11.6. The number of ether oxygens (including phenoxy) is 1. The average Bonchev–Trinajstić information content (AvgIpc) is 2.72. The van der Waals surface area contributed by atoms with Gasteiger partial charge in [0.1, 0.15) is 5.75 Å². The van der Waals surface area contributed by atoms with Crippen molar-refractivity contribution in [1.29, 1.82) is 0 Å². The molecule has 0 aliphatic rings. The van der Waals surface area contributed by atoms with Gasteiger partial charge in [-0.3, -0.25) is 4.99 Å². The first-order valence-electron chi connectivity index (χ1n) is 9.71. The Hall–Kier alpha value is -2.54. The molecule has 29 heavy (non-hydrogen) atoms. The van der Waals surface area contributed by atoms with Gasteiger partial charge in [0.15, 0.2) is 15.8 Å². The van der Waals surface area contributed by atoms with Crippen LogP contribution in [-0.4, -0.2) is 47.9 Å². The quantitative estimate of drug-likeness (QED) is 0.484. The monoisotopic (exact) mass is 417 g/mol. The van der Waals surface area contributed by atoms with Gasteiger partial charge in [0.05, 0.1) is 12.0 Å². The van der Waals surface area contributed by atoms with Gasteiger partial charge in [-0.2, -0.15) is 0 Å². The van der Waals surface area contributed by atoms with Crippen molar-refractivity contribution in [2.75, 3.05) is 33.5 Å². The summed E-state index contributed by atoms with van der Waals surface area (Å²) < 4.78 is 28.2. The van der Waals surface area contributed by atoms with E-state index in [4.69, 9.17) is 4.74 Å². The third-order valence-corrected chi connectivity index (χ3v) is 5.96. The second-order valence-electron chi connectivity index (χ2n) is 7.05. The molecule has 2 aromatic rings. The Morgan fingerprint density at radius 2 is 1.66 bits per heavy atom. The van der Waals surface area contributed by atoms with Gasteiger partial charge in [-0.1, -0.05) is 31.2 Å². The molecule has 0 heterocycles. The summed E-state index contributed by atoms with van der Waals surface area (Å²) in [6, 6.07) is 15.2. The molecule has 0 saturated carbocycles. The Bertz CT molecular complexity index is 892. The molecule has 0 aliphatic carbocycles. The van der Waals surface area contributed by atoms with Crippen molar-refractivity contribution in [2.45, 2.75) is 30.6 Å². The Morgan fingerprint density at radius 3 is 2.21 bits per heavy atom. The minimum absolute atomic E-state index is 0.345. The molecule has 6 nitrogen and oxygen atoms in total. The van der Waals surface area contributed by atoms with Gasteiger partial charge in [0.25, 0.3) is 0 Å². The summed E-state index contributed by atoms with van der Waals surface area (Å²) in [5.74, 6) is 2.06. The van der Waals surface area contributed by atoms with Crippen molar-refractivity contribution in [3.8, 4) is 5.75 Å². The zero-order valence-corrected chi connectivity index (χ0v) is 18.4. The predicted molar refractivity (Wildman–Crippen MR) is 119 cm³/mol. The molecule has 0 saturated heterocycles. The van der Waals surface area contributed by atoms with Crippen molar-refractivity contribution in [2.24, 2.45) is 4.99 Å². The molecule has 0 aliphatic heterocycles. The van der Waals surface area contributed by atoms with E-state index < -0.39 is 9.84 Å². The number of nitrogens with zero attached hydrogens (tertiary/aromatic N) is 1. The van der Waals surface area contributed by atoms with Crippen LogP contribution < -0.4 is 15.4 Å². The van der Waals surface area contributed by atoms with Gasteiger partial charge < -0.3 is 15.4 Å². The minimum Gasteiger partial charge on any atom is -0.497 e. The van der Waals surface area contributed by atoms with E-state index in [0.717, 1.165) is 36.7 Å². The number of guanidine groups is 1. The van der Waals surface area contributed by atoms with Crippen LogP contribution in [0, 0.1) is 0 Å². The molecule has 0 spiro atoms. The molecule has 0 radical (unpaired) electrons. The minimum atomic E-state index is -3.15. The lowest BCUT2D eigenvalue weighted by Crippen LogP contribution is -2.39. The molecular weight excluding hydrogens is 386 g/mol. The molecule has 2 rings (SSSR count). The molecule has 2 aromatic carbocycles. The van der Waals surface area contributed by atoms with E-state index >= 15 is 0 Å². The molecule has 2 N–H and O–H groups in total. The fourth-order valence-corrected chi connectivity index (χ4v) is 3.59. The summed E-state index contributed by atoms with van der Waals surface area (Å²) >= 11 is 0. The molecule has 7 heteroatoms. The van der Waals surface area contributed by atoms with E-state index in [2.05, 4.69) is 34.7 Å². The number of rotatable bonds is 9. The number of hydrogen-bond donors (Lipinski definition) is 2. The van der Waals surface area contributed by atoms with Crippen molar-refractivity contribution in [3.05, 3.63) is 59.7 Å². The maximum absolute atomic E-state index is 11.5. The standard InChI is InChI=1S/C22H31N3O3S/c1-17(19-7-9-20(28-3)10-8-19)13-15-24-22(23-2)25-16-14-18-5-11-21(12-6-18)29(4,26)27/h5-12,17H,13-16H2,1-4H3,(H2,23,24,25). The van der Waals surface area contributed by atoms with E-state index in [9.17, 15) is 8.42 Å². The highest BCUT2D eigenvalue weighted by atomic mass is 32.2. The molecule has 0 aromatic heterocycles. The average molecular weight is 418 g/mol. The van der Waals surface area contributed by atoms with Crippen LogP contribution in [0.15, 0.2) is 58.4 Å². The first-order chi connectivity index (χ1) is 13.8. The summed E-state index contributed by atoms with van der Waals surface area (Å²) in [6.07, 6.45) is 2.99. The summed E-state index contributed by atoms with van der Waals surface area (Å²) in [5, 5.41) is 6.64. The number of aliphatic imine (C=N–C) groups is 1. The normalized spacial score (nSPS) is 13.0. The van der Waals surface area contributed by atoms with Crippen molar-refractivity contribution in [1.82, 2.24) is 10.6 Å². The van der Waals surface area contributed by atoms with Gasteiger partial charge >= 0.3 is 0 Å². The number of benzene rings is 2. The van der Waals surface area contributed by atoms with Crippen LogP contribution in [0.2, 0.25) is 0 Å². The molecule has 1 atom stereocenters. The summed E-state index contributed by atoms with van der Waals surface area (Å²) in [7, 11) is 0.276. The Kier molecular flexibility index (Phi) is 8.51. The number of hydrogen-bond acceptors (Lipinski definition) is 4. The Balaban J connectivity index is 1.73. The number of methoxy groups -OCH3 is 1. The van der Waals surface area contributed by atoms with Crippen LogP contribution in [-0.2, 0) is 16.3 Å². The van der Waals surface area contributed by atoms with Crippen molar-refractivity contribution >= 4 is 15.8 Å². The van der Waals surface area contributed by atoms with E-state index in [1.165, 1.54) is 11.8 Å². The molecule has 1 unspecified atom stereocenters. The van der Waals surface area contributed by atoms with E-state index in [1.54, 1.807) is 26.3 Å². The Labute approximate surface area is 174 Å². The van der Waals surface area contributed by atoms with Gasteiger partial charge in [-0.05, 0) is 54.2 Å². The van der Waals surface area contributed by atoms with Gasteiger partial charge in [0.2, 0.25) is 0 Å². The summed E-state index contributed by atoms with van der Waals surface area (Å²) in [6.45, 7) is 3.74. The van der Waals surface area contributed by atoms with Gasteiger partial charge in [-0.15, -0.1) is 0 Å². The van der Waals surface area contributed by atoms with Crippen LogP contribution in [0.4, 0.5) is 0 Å². The van der Waals surface area contributed by atoms with E-state index in [0.29, 0.717) is 17.4 Å². The Morgan fingerprint density at radius 1 is 1.03 bits per heavy atom. The smallest absolute Gasteiger partial charge is 0.190 e. The molecular formula is C22H31N3O3S. The SMILES string of the molecule is CN=C(NCCc1ccc(S(C)(=O)=O)cc1)NCCC(C)c1ccc(OC)cc1. The van der Waals surface area contributed by atoms with Crippen LogP contribution in [0.3, 0.4) is 0 Å². The first kappa shape index (κ1) is 22.7. The van der Waals surface area contributed by atoms with Crippen molar-refractivity contribution < 1.29 is 13.2 Å². The van der Waals surface area contributed by atoms with Crippen LogP contribution >= 0.6 is 0 Å². The summed E-state index contributed by atoms with van der Waals surface area (Å²) in [4.78, 5) is 4.60. The van der Waals surface area contributed by atoms with Gasteiger partial charge in [-0.25, -0.2) is 8.42 Å². The van der Waals surface area contributed by atoms with E-state index in [-0.39, 0.29) is 0 Å². The number of nitrogens with one attached hydrogen (secondary N) is 2. The predicted octanol–water partition coefficient (Wildman–Crippen LogP) is 3.00. The fourth-order valence-electron chi connectivity index (χ4n) is 2.96. The molecule has 0 bridgehead atoms.